The second-order valence-corrected chi connectivity index (χ2v) is 8.73. The highest BCUT2D eigenvalue weighted by Gasteiger charge is 2.73. The maximum absolute atomic E-state index is 5.91. The van der Waals surface area contributed by atoms with Crippen LogP contribution < -0.4 is 17.0 Å². The fraction of sp³-hybridized carbons (Fsp3) is 0.667. The molecular formula is C18H25BrOS. The molecule has 1 aromatic carbocycles. The molecule has 4 rings (SSSR count). The Kier molecular flexibility index (Phi) is 5.02. The molecule has 0 amide bonds. The Hall–Kier alpha value is 0.01000. The zero-order valence-corrected chi connectivity index (χ0v) is 15.1. The molecule has 1 aromatic rings. The van der Waals surface area contributed by atoms with E-state index in [4.69, 9.17) is 4.18 Å². The summed E-state index contributed by atoms with van der Waals surface area (Å²) in [5.74, 6) is 2.17. The average molecular weight is 369 g/mol. The molecule has 2 saturated heterocycles. The number of hydrogen-bond donors (Lipinski definition) is 0. The predicted octanol–water partition coefficient (Wildman–Crippen LogP) is 1.72. The molecule has 2 heterocycles. The van der Waals surface area contributed by atoms with Gasteiger partial charge < -0.3 is 17.0 Å². The van der Waals surface area contributed by atoms with Gasteiger partial charge in [0.1, 0.15) is 5.75 Å². The van der Waals surface area contributed by atoms with E-state index in [2.05, 4.69) is 24.3 Å². The topological polar surface area (TPSA) is 12.5 Å². The zero-order chi connectivity index (χ0) is 13.4. The van der Waals surface area contributed by atoms with Gasteiger partial charge in [-0.3, -0.25) is 0 Å². The maximum Gasteiger partial charge on any atom is 0.308 e. The van der Waals surface area contributed by atoms with E-state index in [1.165, 1.54) is 69.1 Å². The van der Waals surface area contributed by atoms with E-state index < -0.39 is 0 Å². The van der Waals surface area contributed by atoms with E-state index in [-0.39, 0.29) is 17.0 Å². The van der Waals surface area contributed by atoms with Gasteiger partial charge in [0.15, 0.2) is 11.2 Å². The van der Waals surface area contributed by atoms with Crippen molar-refractivity contribution in [3.63, 3.8) is 0 Å². The second-order valence-electron chi connectivity index (χ2n) is 6.72. The van der Waals surface area contributed by atoms with Crippen LogP contribution >= 0.6 is 0 Å². The summed E-state index contributed by atoms with van der Waals surface area (Å²) in [6.45, 7) is 0. The van der Waals surface area contributed by atoms with Crippen LogP contribution in [-0.4, -0.2) is 10.7 Å². The molecule has 0 spiro atoms. The molecule has 1 nitrogen and oxygen atoms in total. The summed E-state index contributed by atoms with van der Waals surface area (Å²) in [6, 6.07) is 9.53. The maximum atomic E-state index is 5.91. The normalized spacial score (nSPS) is 31.5. The van der Waals surface area contributed by atoms with Crippen molar-refractivity contribution in [2.75, 3.05) is 5.75 Å². The van der Waals surface area contributed by atoms with Crippen LogP contribution in [0.25, 0.3) is 0 Å². The Morgan fingerprint density at radius 2 is 1.81 bits per heavy atom. The summed E-state index contributed by atoms with van der Waals surface area (Å²) in [6.07, 6.45) is 12.3. The van der Waals surface area contributed by atoms with Crippen LogP contribution in [0.1, 0.15) is 68.4 Å². The molecule has 0 radical (unpaired) electrons. The third-order valence-corrected chi connectivity index (χ3v) is 7.73. The molecule has 2 atom stereocenters. The number of fused-ring (bicyclic) bond motifs is 1. The van der Waals surface area contributed by atoms with Gasteiger partial charge in [-0.05, 0) is 36.3 Å². The van der Waals surface area contributed by atoms with Crippen LogP contribution in [0.2, 0.25) is 0 Å². The summed E-state index contributed by atoms with van der Waals surface area (Å²) in [5, 5.41) is 0. The predicted molar refractivity (Wildman–Crippen MR) is 85.9 cm³/mol. The van der Waals surface area contributed by atoms with Crippen LogP contribution in [0.15, 0.2) is 24.3 Å². The van der Waals surface area contributed by atoms with Gasteiger partial charge in [0, 0.05) is 19.3 Å². The van der Waals surface area contributed by atoms with E-state index in [1.54, 1.807) is 5.56 Å². The highest BCUT2D eigenvalue weighted by molar-refractivity contribution is 7.99. The minimum atomic E-state index is 0. The largest absolute Gasteiger partial charge is 1.00 e. The van der Waals surface area contributed by atoms with Gasteiger partial charge in [0.05, 0.1) is 0 Å². The third kappa shape index (κ3) is 3.35. The molecule has 0 aromatic heterocycles. The summed E-state index contributed by atoms with van der Waals surface area (Å²) in [7, 11) is 0. The molecule has 3 heteroatoms. The quantitative estimate of drug-likeness (QED) is 0.582. The lowest BCUT2D eigenvalue weighted by Gasteiger charge is -2.22. The van der Waals surface area contributed by atoms with Gasteiger partial charge in [0.25, 0.3) is 0 Å². The molecule has 21 heavy (non-hydrogen) atoms. The molecule has 3 aliphatic rings. The molecule has 0 N–H and O–H groups in total. The Labute approximate surface area is 142 Å². The molecule has 1 aliphatic carbocycles. The Morgan fingerprint density at radius 3 is 2.43 bits per heavy atom. The highest BCUT2D eigenvalue weighted by Crippen LogP contribution is 2.54. The van der Waals surface area contributed by atoms with E-state index >= 15 is 0 Å². The summed E-state index contributed by atoms with van der Waals surface area (Å²) >= 11 is 0.353. The van der Waals surface area contributed by atoms with Gasteiger partial charge >= 0.3 is 4.93 Å². The second kappa shape index (κ2) is 6.64. The molecule has 116 valence electrons. The van der Waals surface area contributed by atoms with Crippen molar-refractivity contribution in [1.29, 1.82) is 0 Å². The SMILES string of the molecule is [Br-].c1cc(C2CCCCC2)ccc1CCC12CCC[S+]1O2. The molecule has 2 unspecified atom stereocenters. The number of hydrogen-bond acceptors (Lipinski definition) is 1. The first kappa shape index (κ1) is 15.9. The summed E-state index contributed by atoms with van der Waals surface area (Å²) < 4.78 is 5.91. The van der Waals surface area contributed by atoms with Crippen molar-refractivity contribution in [3.8, 4) is 0 Å². The minimum Gasteiger partial charge on any atom is -1.00 e. The Morgan fingerprint density at radius 1 is 1.05 bits per heavy atom. The lowest BCUT2D eigenvalue weighted by Crippen LogP contribution is -3.00. The van der Waals surface area contributed by atoms with Crippen molar-refractivity contribution in [1.82, 2.24) is 0 Å². The van der Waals surface area contributed by atoms with E-state index in [0.29, 0.717) is 16.1 Å². The van der Waals surface area contributed by atoms with Crippen LogP contribution in [-0.2, 0) is 21.8 Å². The van der Waals surface area contributed by atoms with Gasteiger partial charge in [-0.2, -0.15) is 0 Å². The van der Waals surface area contributed by atoms with Crippen molar-refractivity contribution in [2.45, 2.75) is 68.6 Å². The molecule has 3 fully saturated rings. The third-order valence-electron chi connectivity index (χ3n) is 5.38. The summed E-state index contributed by atoms with van der Waals surface area (Å²) in [5.41, 5.74) is 3.08. The van der Waals surface area contributed by atoms with E-state index in [0.717, 1.165) is 5.92 Å². The molecule has 0 bridgehead atoms. The fourth-order valence-electron chi connectivity index (χ4n) is 4.03. The molecule has 2 aliphatic heterocycles. The van der Waals surface area contributed by atoms with Crippen molar-refractivity contribution in [2.24, 2.45) is 0 Å². The van der Waals surface area contributed by atoms with E-state index in [9.17, 15) is 0 Å². The minimum absolute atomic E-state index is 0. The molecular weight excluding hydrogens is 344 g/mol. The van der Waals surface area contributed by atoms with Crippen LogP contribution in [0.3, 0.4) is 0 Å². The Balaban J connectivity index is 0.00000132. The van der Waals surface area contributed by atoms with Crippen molar-refractivity contribution >= 4 is 11.2 Å². The first-order valence-electron chi connectivity index (χ1n) is 8.35. The zero-order valence-electron chi connectivity index (χ0n) is 12.7. The van der Waals surface area contributed by atoms with Crippen LogP contribution in [0.5, 0.6) is 0 Å². The number of rotatable bonds is 4. The van der Waals surface area contributed by atoms with Crippen LogP contribution in [0.4, 0.5) is 0 Å². The van der Waals surface area contributed by atoms with Crippen molar-refractivity contribution < 1.29 is 21.2 Å². The van der Waals surface area contributed by atoms with Gasteiger partial charge in [-0.15, -0.1) is 4.18 Å². The first-order valence-corrected chi connectivity index (χ1v) is 9.67. The smallest absolute Gasteiger partial charge is 0.308 e. The van der Waals surface area contributed by atoms with Gasteiger partial charge in [-0.25, -0.2) is 0 Å². The monoisotopic (exact) mass is 368 g/mol. The lowest BCUT2D eigenvalue weighted by atomic mass is 9.84. The number of aryl methyl sites for hydroxylation is 1. The van der Waals surface area contributed by atoms with Crippen LogP contribution in [0, 0.1) is 0 Å². The number of halogens is 1. The summed E-state index contributed by atoms with van der Waals surface area (Å²) in [4.78, 5) is 0.335. The van der Waals surface area contributed by atoms with Gasteiger partial charge in [-0.1, -0.05) is 43.5 Å². The molecule has 1 saturated carbocycles. The van der Waals surface area contributed by atoms with Gasteiger partial charge in [0.2, 0.25) is 0 Å². The Bertz CT molecular complexity index is 469. The van der Waals surface area contributed by atoms with E-state index in [1.807, 2.05) is 0 Å². The highest BCUT2D eigenvalue weighted by atomic mass is 79.9. The first-order chi connectivity index (χ1) is 9.86. The van der Waals surface area contributed by atoms with Crippen molar-refractivity contribution in [3.05, 3.63) is 35.4 Å². The fourth-order valence-corrected chi connectivity index (χ4v) is 6.24. The average Bonchev–Trinajstić information content (AvgIpc) is 3.07. The standard InChI is InChI=1S/C18H25OS.BrH/c1-2-5-16(6-3-1)17-9-7-15(8-10-17)11-13-18-12-4-14-20(18)19-18;/h7-10,16H,1-6,11-14H2;1H/q+1;/p-1. The number of benzene rings is 1. The lowest BCUT2D eigenvalue weighted by molar-refractivity contribution is -0.00000506.